The van der Waals surface area contributed by atoms with Crippen molar-refractivity contribution in [2.45, 2.75) is 32.4 Å². The maximum absolute atomic E-state index is 10.3. The smallest absolute Gasteiger partial charge is 0.372 e. The molecule has 7 nitrogen and oxygen atoms in total. The molecule has 102 valence electrons. The van der Waals surface area contributed by atoms with Crippen LogP contribution in [0.15, 0.2) is 16.7 Å². The zero-order valence-electron chi connectivity index (χ0n) is 10.1. The molecule has 1 heterocycles. The van der Waals surface area contributed by atoms with Crippen LogP contribution in [0.5, 0.6) is 0 Å². The van der Waals surface area contributed by atoms with Crippen molar-refractivity contribution in [1.82, 2.24) is 0 Å². The fourth-order valence-electron chi connectivity index (χ4n) is 1.08. The van der Waals surface area contributed by atoms with Crippen LogP contribution >= 0.6 is 0 Å². The van der Waals surface area contributed by atoms with Gasteiger partial charge in [-0.15, -0.1) is 0 Å². The summed E-state index contributed by atoms with van der Waals surface area (Å²) in [4.78, 5) is 20.5. The van der Waals surface area contributed by atoms with Crippen molar-refractivity contribution in [3.63, 3.8) is 0 Å². The van der Waals surface area contributed by atoms with E-state index in [2.05, 4.69) is 11.3 Å². The Bertz CT molecular complexity index is 358. The number of carboxylic acid groups (broad SMARTS) is 2. The molecule has 0 spiro atoms. The van der Waals surface area contributed by atoms with Gasteiger partial charge >= 0.3 is 11.9 Å². The molecule has 0 aliphatic heterocycles. The third-order valence-electron chi connectivity index (χ3n) is 1.98. The highest BCUT2D eigenvalue weighted by Gasteiger charge is 2.18. The van der Waals surface area contributed by atoms with Crippen LogP contribution < -0.4 is 11.5 Å². The summed E-state index contributed by atoms with van der Waals surface area (Å²) in [7, 11) is 0. The Hall–Kier alpha value is -1.86. The first-order valence-electron chi connectivity index (χ1n) is 5.45. The summed E-state index contributed by atoms with van der Waals surface area (Å²) in [6, 6.07) is 1.09. The Labute approximate surface area is 104 Å². The van der Waals surface area contributed by atoms with Crippen LogP contribution in [0.3, 0.4) is 0 Å². The van der Waals surface area contributed by atoms with Gasteiger partial charge in [0, 0.05) is 0 Å². The number of carboxylic acids is 2. The topological polar surface area (TPSA) is 140 Å². The van der Waals surface area contributed by atoms with Gasteiger partial charge in [0.25, 0.3) is 0 Å². The molecule has 0 aliphatic rings. The predicted molar refractivity (Wildman–Crippen MR) is 64.3 cm³/mol. The maximum Gasteiger partial charge on any atom is 0.372 e. The summed E-state index contributed by atoms with van der Waals surface area (Å²) in [6.07, 6.45) is 4.21. The lowest BCUT2D eigenvalue weighted by Crippen LogP contribution is -2.29. The molecular formula is C11H18N2O5. The van der Waals surface area contributed by atoms with E-state index in [9.17, 15) is 9.59 Å². The zero-order valence-corrected chi connectivity index (χ0v) is 10.1. The first-order chi connectivity index (χ1) is 8.40. The lowest BCUT2D eigenvalue weighted by atomic mass is 10.2. The average molecular weight is 258 g/mol. The van der Waals surface area contributed by atoms with Gasteiger partial charge in [0.05, 0.1) is 12.4 Å². The van der Waals surface area contributed by atoms with Crippen molar-refractivity contribution in [2.24, 2.45) is 11.5 Å². The minimum Gasteiger partial charge on any atom is -0.478 e. The van der Waals surface area contributed by atoms with E-state index < -0.39 is 17.7 Å². The van der Waals surface area contributed by atoms with Gasteiger partial charge < -0.3 is 26.1 Å². The van der Waals surface area contributed by atoms with Gasteiger partial charge in [-0.05, 0) is 12.5 Å². The molecule has 0 atom stereocenters. The predicted octanol–water partition coefficient (Wildman–Crippen LogP) is 1.10. The SMILES string of the molecule is CCCCC(N)N.O=C(O)c1ccoc1C(=O)O. The minimum absolute atomic E-state index is 0.0973. The number of carbonyl (C=O) groups is 2. The second-order valence-electron chi connectivity index (χ2n) is 3.58. The average Bonchev–Trinajstić information content (AvgIpc) is 2.76. The molecule has 1 rings (SSSR count). The fourth-order valence-corrected chi connectivity index (χ4v) is 1.08. The Morgan fingerprint density at radius 3 is 2.22 bits per heavy atom. The summed E-state index contributed by atoms with van der Waals surface area (Å²) in [5.74, 6) is -3.24. The largest absolute Gasteiger partial charge is 0.478 e. The number of furan rings is 1. The van der Waals surface area contributed by atoms with Gasteiger partial charge in [0.15, 0.2) is 0 Å². The molecule has 6 N–H and O–H groups in total. The summed E-state index contributed by atoms with van der Waals surface area (Å²) in [6.45, 7) is 2.13. The highest BCUT2D eigenvalue weighted by Crippen LogP contribution is 2.09. The number of hydrogen-bond acceptors (Lipinski definition) is 5. The van der Waals surface area contributed by atoms with Crippen LogP contribution in [0.1, 0.15) is 47.1 Å². The van der Waals surface area contributed by atoms with Crippen molar-refractivity contribution in [3.8, 4) is 0 Å². The third-order valence-corrected chi connectivity index (χ3v) is 1.98. The van der Waals surface area contributed by atoms with Crippen LogP contribution in [-0.2, 0) is 0 Å². The molecule has 0 radical (unpaired) electrons. The van der Waals surface area contributed by atoms with Crippen molar-refractivity contribution in [1.29, 1.82) is 0 Å². The summed E-state index contributed by atoms with van der Waals surface area (Å²) in [5, 5.41) is 16.7. The van der Waals surface area contributed by atoms with Crippen molar-refractivity contribution in [3.05, 3.63) is 23.7 Å². The monoisotopic (exact) mass is 258 g/mol. The molecule has 0 amide bonds. The second kappa shape index (κ2) is 8.26. The van der Waals surface area contributed by atoms with Gasteiger partial charge in [-0.2, -0.15) is 0 Å². The Kier molecular flexibility index (Phi) is 7.41. The number of aromatic carboxylic acids is 2. The molecule has 0 saturated heterocycles. The molecule has 18 heavy (non-hydrogen) atoms. The molecule has 0 aromatic carbocycles. The summed E-state index contributed by atoms with van der Waals surface area (Å²) < 4.78 is 4.41. The van der Waals surface area contributed by atoms with E-state index in [0.717, 1.165) is 25.2 Å². The minimum atomic E-state index is -1.38. The molecule has 0 saturated carbocycles. The van der Waals surface area contributed by atoms with E-state index in [1.165, 1.54) is 6.42 Å². The Balaban J connectivity index is 0.000000360. The van der Waals surface area contributed by atoms with Gasteiger partial charge in [-0.25, -0.2) is 9.59 Å². The first kappa shape index (κ1) is 16.1. The highest BCUT2D eigenvalue weighted by molar-refractivity contribution is 5.99. The molecular weight excluding hydrogens is 240 g/mol. The Morgan fingerprint density at radius 1 is 1.33 bits per heavy atom. The van der Waals surface area contributed by atoms with Crippen LogP contribution in [0.4, 0.5) is 0 Å². The number of nitrogens with two attached hydrogens (primary N) is 2. The van der Waals surface area contributed by atoms with E-state index in [1.54, 1.807) is 0 Å². The fraction of sp³-hybridized carbons (Fsp3) is 0.455. The van der Waals surface area contributed by atoms with Gasteiger partial charge in [0.1, 0.15) is 5.56 Å². The van der Waals surface area contributed by atoms with Crippen LogP contribution in [0, 0.1) is 0 Å². The van der Waals surface area contributed by atoms with Crippen molar-refractivity contribution in [2.75, 3.05) is 0 Å². The van der Waals surface area contributed by atoms with Crippen LogP contribution in [-0.4, -0.2) is 28.3 Å². The number of unbranched alkanes of at least 4 members (excludes halogenated alkanes) is 1. The maximum atomic E-state index is 10.3. The second-order valence-corrected chi connectivity index (χ2v) is 3.58. The molecule has 7 heteroatoms. The number of hydrogen-bond donors (Lipinski definition) is 4. The standard InChI is InChI=1S/C6H4O5.C5H14N2/c7-5(8)3-1-2-11-4(3)6(9)10;1-2-3-4-5(6)7/h1-2H,(H,7,8)(H,9,10);5H,2-4,6-7H2,1H3. The van der Waals surface area contributed by atoms with Crippen molar-refractivity contribution >= 4 is 11.9 Å². The lowest BCUT2D eigenvalue weighted by Gasteiger charge is -2.00. The Morgan fingerprint density at radius 2 is 1.94 bits per heavy atom. The summed E-state index contributed by atoms with van der Waals surface area (Å²) in [5.41, 5.74) is 10.2. The van der Waals surface area contributed by atoms with Gasteiger partial charge in [-0.1, -0.05) is 19.8 Å². The van der Waals surface area contributed by atoms with Crippen LogP contribution in [0.2, 0.25) is 0 Å². The van der Waals surface area contributed by atoms with Crippen molar-refractivity contribution < 1.29 is 24.2 Å². The summed E-state index contributed by atoms with van der Waals surface area (Å²) >= 11 is 0. The van der Waals surface area contributed by atoms with E-state index in [4.69, 9.17) is 21.7 Å². The van der Waals surface area contributed by atoms with E-state index >= 15 is 0 Å². The first-order valence-corrected chi connectivity index (χ1v) is 5.45. The van der Waals surface area contributed by atoms with Crippen LogP contribution in [0.25, 0.3) is 0 Å². The van der Waals surface area contributed by atoms with Gasteiger partial charge in [-0.3, -0.25) is 0 Å². The van der Waals surface area contributed by atoms with E-state index in [-0.39, 0.29) is 11.7 Å². The zero-order chi connectivity index (χ0) is 14.1. The normalized spacial score (nSPS) is 9.78. The molecule has 0 fully saturated rings. The molecule has 0 aliphatic carbocycles. The molecule has 1 aromatic rings. The lowest BCUT2D eigenvalue weighted by molar-refractivity contribution is 0.0626. The van der Waals surface area contributed by atoms with Gasteiger partial charge in [0.2, 0.25) is 5.76 Å². The van der Waals surface area contributed by atoms with E-state index in [0.29, 0.717) is 0 Å². The number of rotatable bonds is 5. The molecule has 1 aromatic heterocycles. The quantitative estimate of drug-likeness (QED) is 0.579. The third kappa shape index (κ3) is 6.02. The molecule has 0 bridgehead atoms. The highest BCUT2D eigenvalue weighted by atomic mass is 16.4. The molecule has 0 unspecified atom stereocenters. The van der Waals surface area contributed by atoms with E-state index in [1.807, 2.05) is 0 Å².